The molecule has 2 atom stereocenters. The maximum absolute atomic E-state index is 10.2. The number of aliphatic hydroxyl groups is 1. The number of hydrogen-bond acceptors (Lipinski definition) is 4. The normalized spacial score (nSPS) is 27.1. The third-order valence-corrected chi connectivity index (χ3v) is 6.96. The molecule has 25 heavy (non-hydrogen) atoms. The van der Waals surface area contributed by atoms with Crippen LogP contribution in [0.15, 0.2) is 35.0 Å². The summed E-state index contributed by atoms with van der Waals surface area (Å²) in [5, 5.41) is 14.6. The lowest BCUT2D eigenvalue weighted by atomic mass is 9.82. The molecule has 3 heterocycles. The molecule has 0 amide bonds. The van der Waals surface area contributed by atoms with Crippen molar-refractivity contribution in [2.24, 2.45) is 11.3 Å². The van der Waals surface area contributed by atoms with Crippen molar-refractivity contribution in [3.8, 4) is 0 Å². The maximum Gasteiger partial charge on any atom is 0.0515 e. The van der Waals surface area contributed by atoms with Crippen LogP contribution in [0.1, 0.15) is 22.3 Å². The lowest BCUT2D eigenvalue weighted by Gasteiger charge is -2.28. The van der Waals surface area contributed by atoms with Crippen LogP contribution in [0.5, 0.6) is 0 Å². The van der Waals surface area contributed by atoms with Gasteiger partial charge in [0.1, 0.15) is 0 Å². The van der Waals surface area contributed by atoms with Crippen LogP contribution in [0, 0.1) is 25.2 Å². The van der Waals surface area contributed by atoms with Crippen molar-refractivity contribution in [3.63, 3.8) is 0 Å². The highest BCUT2D eigenvalue weighted by molar-refractivity contribution is 7.07. The average Bonchev–Trinajstić information content (AvgIpc) is 3.26. The molecule has 1 aromatic heterocycles. The minimum atomic E-state index is 0.0621. The number of fused-ring (bicyclic) bond motifs is 1. The second-order valence-corrected chi connectivity index (χ2v) is 8.84. The lowest BCUT2D eigenvalue weighted by Crippen LogP contribution is -2.37. The molecule has 1 aromatic carbocycles. The summed E-state index contributed by atoms with van der Waals surface area (Å²) in [5.41, 5.74) is 5.70. The minimum Gasteiger partial charge on any atom is -0.396 e. The second-order valence-electron chi connectivity index (χ2n) is 8.06. The van der Waals surface area contributed by atoms with Gasteiger partial charge in [-0.25, -0.2) is 0 Å². The van der Waals surface area contributed by atoms with Gasteiger partial charge >= 0.3 is 0 Å². The van der Waals surface area contributed by atoms with Crippen molar-refractivity contribution in [2.45, 2.75) is 26.9 Å². The Morgan fingerprint density at radius 3 is 2.32 bits per heavy atom. The Labute approximate surface area is 154 Å². The predicted octanol–water partition coefficient (Wildman–Crippen LogP) is 3.29. The molecule has 2 unspecified atom stereocenters. The highest BCUT2D eigenvalue weighted by Crippen LogP contribution is 2.43. The van der Waals surface area contributed by atoms with E-state index in [2.05, 4.69) is 58.7 Å². The molecule has 2 aliphatic rings. The monoisotopic (exact) mass is 356 g/mol. The van der Waals surface area contributed by atoms with Crippen LogP contribution in [0.4, 0.5) is 0 Å². The largest absolute Gasteiger partial charge is 0.396 e. The predicted molar refractivity (Wildman–Crippen MR) is 104 cm³/mol. The van der Waals surface area contributed by atoms with Gasteiger partial charge in [-0.2, -0.15) is 11.3 Å². The van der Waals surface area contributed by atoms with E-state index in [0.29, 0.717) is 12.5 Å². The van der Waals surface area contributed by atoms with Crippen LogP contribution in [-0.2, 0) is 13.1 Å². The van der Waals surface area contributed by atoms with Crippen molar-refractivity contribution in [2.75, 3.05) is 32.8 Å². The molecule has 2 fully saturated rings. The fourth-order valence-electron chi connectivity index (χ4n) is 4.83. The second kappa shape index (κ2) is 6.84. The average molecular weight is 357 g/mol. The van der Waals surface area contributed by atoms with E-state index in [1.54, 1.807) is 11.3 Å². The number of nitrogens with zero attached hydrogens (tertiary/aromatic N) is 2. The summed E-state index contributed by atoms with van der Waals surface area (Å²) in [4.78, 5) is 5.11. The molecule has 2 saturated heterocycles. The van der Waals surface area contributed by atoms with Gasteiger partial charge in [-0.05, 0) is 58.8 Å². The molecule has 134 valence electrons. The summed E-state index contributed by atoms with van der Waals surface area (Å²) in [6.45, 7) is 11.0. The van der Waals surface area contributed by atoms with Gasteiger partial charge in [-0.3, -0.25) is 9.80 Å². The van der Waals surface area contributed by atoms with E-state index in [1.807, 2.05) is 0 Å². The highest BCUT2D eigenvalue weighted by atomic mass is 32.1. The third-order valence-electron chi connectivity index (χ3n) is 6.23. The van der Waals surface area contributed by atoms with Crippen LogP contribution >= 0.6 is 11.3 Å². The lowest BCUT2D eigenvalue weighted by molar-refractivity contribution is 0.110. The SMILES string of the molecule is Cc1cccc(C)c1CN1CC2CN(Cc3ccsc3)CC2(CO)C1. The van der Waals surface area contributed by atoms with Gasteiger partial charge in [-0.1, -0.05) is 18.2 Å². The van der Waals surface area contributed by atoms with E-state index in [-0.39, 0.29) is 5.41 Å². The van der Waals surface area contributed by atoms with Gasteiger partial charge in [0.15, 0.2) is 0 Å². The van der Waals surface area contributed by atoms with E-state index >= 15 is 0 Å². The summed E-state index contributed by atoms with van der Waals surface area (Å²) in [6, 6.07) is 8.79. The molecule has 0 spiro atoms. The Hall–Kier alpha value is -1.20. The number of likely N-dealkylation sites (tertiary alicyclic amines) is 2. The van der Waals surface area contributed by atoms with Gasteiger partial charge in [0, 0.05) is 44.7 Å². The maximum atomic E-state index is 10.2. The first-order valence-electron chi connectivity index (χ1n) is 9.21. The zero-order valence-corrected chi connectivity index (χ0v) is 16.1. The Morgan fingerprint density at radius 2 is 1.76 bits per heavy atom. The topological polar surface area (TPSA) is 26.7 Å². The minimum absolute atomic E-state index is 0.0621. The molecule has 2 aromatic rings. The fourth-order valence-corrected chi connectivity index (χ4v) is 5.49. The first-order chi connectivity index (χ1) is 12.1. The molecule has 2 aliphatic heterocycles. The van der Waals surface area contributed by atoms with E-state index in [9.17, 15) is 5.11 Å². The molecule has 4 rings (SSSR count). The number of aryl methyl sites for hydroxylation is 2. The molecule has 3 nitrogen and oxygen atoms in total. The molecule has 4 heteroatoms. The van der Waals surface area contributed by atoms with Crippen molar-refractivity contribution in [1.29, 1.82) is 0 Å². The smallest absolute Gasteiger partial charge is 0.0515 e. The highest BCUT2D eigenvalue weighted by Gasteiger charge is 2.51. The van der Waals surface area contributed by atoms with Crippen molar-refractivity contribution < 1.29 is 5.11 Å². The quantitative estimate of drug-likeness (QED) is 0.890. The molecular weight excluding hydrogens is 328 g/mol. The zero-order valence-electron chi connectivity index (χ0n) is 15.2. The van der Waals surface area contributed by atoms with Gasteiger partial charge in [0.2, 0.25) is 0 Å². The standard InChI is InChI=1S/C21H28N2OS/c1-16-4-3-5-17(2)20(16)11-23-10-19-9-22(8-18-6-7-25-12-18)13-21(19,14-23)15-24/h3-7,12,19,24H,8-11,13-15H2,1-2H3. The van der Waals surface area contributed by atoms with Crippen LogP contribution in [0.25, 0.3) is 0 Å². The van der Waals surface area contributed by atoms with Crippen LogP contribution < -0.4 is 0 Å². The Bertz CT molecular complexity index is 709. The Balaban J connectivity index is 1.44. The van der Waals surface area contributed by atoms with Gasteiger partial charge in [0.25, 0.3) is 0 Å². The van der Waals surface area contributed by atoms with Gasteiger partial charge < -0.3 is 5.11 Å². The molecule has 0 bridgehead atoms. The number of rotatable bonds is 5. The van der Waals surface area contributed by atoms with Crippen molar-refractivity contribution >= 4 is 11.3 Å². The molecular formula is C21H28N2OS. The van der Waals surface area contributed by atoms with Crippen molar-refractivity contribution in [3.05, 3.63) is 57.3 Å². The fraction of sp³-hybridized carbons (Fsp3) is 0.524. The Morgan fingerprint density at radius 1 is 1.08 bits per heavy atom. The summed E-state index contributed by atoms with van der Waals surface area (Å²) in [5.74, 6) is 0.584. The number of thiophene rings is 1. The molecule has 1 N–H and O–H groups in total. The first-order valence-corrected chi connectivity index (χ1v) is 10.2. The summed E-state index contributed by atoms with van der Waals surface area (Å²) in [7, 11) is 0. The number of aliphatic hydroxyl groups excluding tert-OH is 1. The summed E-state index contributed by atoms with van der Waals surface area (Å²) < 4.78 is 0. The Kier molecular flexibility index (Phi) is 4.71. The van der Waals surface area contributed by atoms with E-state index in [0.717, 1.165) is 39.3 Å². The van der Waals surface area contributed by atoms with E-state index < -0.39 is 0 Å². The first kappa shape index (κ1) is 17.2. The zero-order chi connectivity index (χ0) is 17.4. The van der Waals surface area contributed by atoms with E-state index in [1.165, 1.54) is 22.3 Å². The summed E-state index contributed by atoms with van der Waals surface area (Å²) in [6.07, 6.45) is 0. The van der Waals surface area contributed by atoms with Crippen LogP contribution in [0.3, 0.4) is 0 Å². The van der Waals surface area contributed by atoms with Crippen LogP contribution in [0.2, 0.25) is 0 Å². The van der Waals surface area contributed by atoms with Crippen molar-refractivity contribution in [1.82, 2.24) is 9.80 Å². The van der Waals surface area contributed by atoms with Gasteiger partial charge in [0.05, 0.1) is 6.61 Å². The number of benzene rings is 1. The van der Waals surface area contributed by atoms with Crippen LogP contribution in [-0.4, -0.2) is 47.7 Å². The molecule has 0 saturated carbocycles. The molecule has 0 radical (unpaired) electrons. The van der Waals surface area contributed by atoms with E-state index in [4.69, 9.17) is 0 Å². The third kappa shape index (κ3) is 3.28. The molecule has 0 aliphatic carbocycles. The summed E-state index contributed by atoms with van der Waals surface area (Å²) >= 11 is 1.77. The number of hydrogen-bond donors (Lipinski definition) is 1. The van der Waals surface area contributed by atoms with Gasteiger partial charge in [-0.15, -0.1) is 0 Å².